The number of aromatic nitrogens is 2. The second kappa shape index (κ2) is 11.0. The first-order valence-corrected chi connectivity index (χ1v) is 23.1. The summed E-state index contributed by atoms with van der Waals surface area (Å²) in [6.45, 7) is 31.5. The topological polar surface area (TPSA) is 15.3 Å². The van der Waals surface area contributed by atoms with Crippen LogP contribution in [0.2, 0.25) is 32.7 Å². The molecule has 210 valence electrons. The van der Waals surface area contributed by atoms with Gasteiger partial charge < -0.3 is 0 Å². The molecule has 39 heavy (non-hydrogen) atoms. The summed E-state index contributed by atoms with van der Waals surface area (Å²) in [6.07, 6.45) is 4.74. The van der Waals surface area contributed by atoms with Crippen LogP contribution < -0.4 is 8.09 Å². The van der Waals surface area contributed by atoms with Crippen molar-refractivity contribution in [2.24, 2.45) is 0 Å². The van der Waals surface area contributed by atoms with E-state index in [9.17, 15) is 0 Å². The van der Waals surface area contributed by atoms with E-state index >= 15 is 0 Å². The minimum atomic E-state index is -1.81. The van der Waals surface area contributed by atoms with Crippen molar-refractivity contribution in [3.8, 4) is 11.4 Å². The molecule has 0 aliphatic carbocycles. The van der Waals surface area contributed by atoms with Crippen molar-refractivity contribution in [3.05, 3.63) is 71.0 Å². The van der Waals surface area contributed by atoms with Crippen LogP contribution in [0.5, 0.6) is 0 Å². The van der Waals surface area contributed by atoms with E-state index < -0.39 is 32.5 Å². The Labute approximate surface area is 247 Å². The van der Waals surface area contributed by atoms with Crippen LogP contribution in [0.3, 0.4) is 0 Å². The molecule has 1 aromatic heterocycles. The fraction of sp³-hybridized carbons (Fsp3) is 0.531. The fourth-order valence-electron chi connectivity index (χ4n) is 6.19. The average Bonchev–Trinajstić information content (AvgIpc) is 3.24. The summed E-state index contributed by atoms with van der Waals surface area (Å²) in [6, 6.07) is 13.9. The number of anilines is 1. The molecule has 1 saturated heterocycles. The summed E-state index contributed by atoms with van der Waals surface area (Å²) in [5, 5.41) is 0. The van der Waals surface area contributed by atoms with Crippen molar-refractivity contribution in [1.29, 1.82) is 0 Å². The fourth-order valence-corrected chi connectivity index (χ4v) is 23.5. The molecular weight excluding hydrogens is 569 g/mol. The first kappa shape index (κ1) is 30.3. The Kier molecular flexibility index (Phi) is 8.55. The molecule has 2 radical (unpaired) electrons. The van der Waals surface area contributed by atoms with Gasteiger partial charge in [-0.05, 0) is 0 Å². The Bertz CT molecular complexity index is 1200. The second-order valence-corrected chi connectivity index (χ2v) is 28.2. The predicted molar refractivity (Wildman–Crippen MR) is 175 cm³/mol. The molecule has 1 fully saturated rings. The maximum absolute atomic E-state index is 3.01. The summed E-state index contributed by atoms with van der Waals surface area (Å²) in [5.41, 5.74) is 8.54. The van der Waals surface area contributed by atoms with Crippen LogP contribution >= 0.6 is 0 Å². The third kappa shape index (κ3) is 5.38. The second-order valence-electron chi connectivity index (χ2n) is 14.0. The molecule has 0 spiro atoms. The molecule has 0 N–H and O–H groups in total. The zero-order valence-corrected chi connectivity index (χ0v) is 30.8. The first-order valence-electron chi connectivity index (χ1n) is 14.8. The van der Waals surface area contributed by atoms with Gasteiger partial charge in [0.2, 0.25) is 0 Å². The molecule has 1 aliphatic heterocycles. The van der Waals surface area contributed by atoms with E-state index in [1.807, 2.05) is 0 Å². The zero-order chi connectivity index (χ0) is 29.0. The van der Waals surface area contributed by atoms with Gasteiger partial charge in [-0.15, -0.1) is 0 Å². The molecule has 0 unspecified atom stereocenters. The average molecular weight is 621 g/mol. The summed E-state index contributed by atoms with van der Waals surface area (Å²) >= 11 is -0.416. The van der Waals surface area contributed by atoms with Gasteiger partial charge >= 0.3 is 249 Å². The van der Waals surface area contributed by atoms with Crippen molar-refractivity contribution in [2.75, 3.05) is 3.52 Å². The standard InChI is InChI=1S/C32H51GeN4Si2/c1-22(2)26-16-14-17-27(23(3)4)30(26)34-20-21-35(31-28(24(5)6)18-15-19-29(31)25(7)8)32(34)36-33-37(38(9,10)11)39(36,12)13/h14-25H,1-13H3/q+1. The molecule has 0 amide bonds. The van der Waals surface area contributed by atoms with Crippen LogP contribution in [0, 0.1) is 0 Å². The number of para-hydroxylation sites is 2. The van der Waals surface area contributed by atoms with Crippen LogP contribution in [0.1, 0.15) is 101 Å². The molecule has 2 heterocycles. The van der Waals surface area contributed by atoms with E-state index in [1.165, 1.54) is 39.6 Å². The van der Waals surface area contributed by atoms with Crippen LogP contribution in [-0.2, 0) is 0 Å². The van der Waals surface area contributed by atoms with Crippen LogP contribution in [-0.4, -0.2) is 40.3 Å². The summed E-state index contributed by atoms with van der Waals surface area (Å²) < 4.78 is 11.1. The molecule has 0 saturated carbocycles. The van der Waals surface area contributed by atoms with E-state index in [-0.39, 0.29) is 0 Å². The third-order valence-electron chi connectivity index (χ3n) is 8.13. The van der Waals surface area contributed by atoms with Crippen molar-refractivity contribution in [1.82, 2.24) is 7.76 Å². The van der Waals surface area contributed by atoms with E-state index in [0.29, 0.717) is 23.7 Å². The summed E-state index contributed by atoms with van der Waals surface area (Å²) in [5.74, 6) is 3.19. The Morgan fingerprint density at radius 1 is 0.718 bits per heavy atom. The monoisotopic (exact) mass is 621 g/mol. The molecule has 2 aromatic carbocycles. The van der Waals surface area contributed by atoms with E-state index in [2.05, 4.69) is 153 Å². The summed E-state index contributed by atoms with van der Waals surface area (Å²) in [4.78, 5) is 0. The van der Waals surface area contributed by atoms with Crippen molar-refractivity contribution >= 4 is 38.5 Å². The third-order valence-corrected chi connectivity index (χ3v) is 29.4. The van der Waals surface area contributed by atoms with Crippen molar-refractivity contribution in [2.45, 2.75) is 112 Å². The van der Waals surface area contributed by atoms with Gasteiger partial charge in [-0.25, -0.2) is 0 Å². The first-order chi connectivity index (χ1) is 18.1. The Hall–Kier alpha value is -1.61. The molecule has 7 heteroatoms. The SMILES string of the molecule is CC(C)c1cccc(C(C)C)c1-n1cc[n+](-c2c(C(C)C)cccc2C(C)C)c1[N]1[Ge][N]([Si](C)(C)C)[Si]1(C)C. The number of benzene rings is 2. The minimum absolute atomic E-state index is 0.416. The molecule has 0 bridgehead atoms. The van der Waals surface area contributed by atoms with Crippen LogP contribution in [0.4, 0.5) is 5.95 Å². The van der Waals surface area contributed by atoms with E-state index in [1.54, 1.807) is 0 Å². The van der Waals surface area contributed by atoms with Gasteiger partial charge in [-0.2, -0.15) is 0 Å². The molecule has 0 atom stereocenters. The van der Waals surface area contributed by atoms with Gasteiger partial charge in [-0.1, -0.05) is 0 Å². The van der Waals surface area contributed by atoms with E-state index in [4.69, 9.17) is 0 Å². The van der Waals surface area contributed by atoms with Gasteiger partial charge in [0.25, 0.3) is 0 Å². The molecule has 4 rings (SSSR count). The number of imidazole rings is 1. The van der Waals surface area contributed by atoms with Crippen LogP contribution in [0.25, 0.3) is 11.4 Å². The Morgan fingerprint density at radius 2 is 1.15 bits per heavy atom. The van der Waals surface area contributed by atoms with Gasteiger partial charge in [0, 0.05) is 0 Å². The molecule has 4 nitrogen and oxygen atoms in total. The van der Waals surface area contributed by atoms with Crippen molar-refractivity contribution < 1.29 is 4.57 Å². The maximum atomic E-state index is 3.01. The number of nitrogens with zero attached hydrogens (tertiary/aromatic N) is 4. The number of hydrogen-bond donors (Lipinski definition) is 0. The summed E-state index contributed by atoms with van der Waals surface area (Å²) in [7, 11) is -3.20. The molecular formula is C32H51GeN4Si2+. The Morgan fingerprint density at radius 3 is 1.54 bits per heavy atom. The van der Waals surface area contributed by atoms with E-state index in [0.717, 1.165) is 0 Å². The molecule has 1 aliphatic rings. The number of rotatable bonds is 8. The van der Waals surface area contributed by atoms with Crippen molar-refractivity contribution in [3.63, 3.8) is 0 Å². The van der Waals surface area contributed by atoms with Gasteiger partial charge in [-0.3, -0.25) is 0 Å². The molecule has 3 aromatic rings. The normalized spacial score (nSPS) is 16.2. The quantitative estimate of drug-likeness (QED) is 0.186. The van der Waals surface area contributed by atoms with Crippen LogP contribution in [0.15, 0.2) is 48.8 Å². The van der Waals surface area contributed by atoms with Gasteiger partial charge in [0.15, 0.2) is 0 Å². The predicted octanol–water partition coefficient (Wildman–Crippen LogP) is 8.44. The Balaban J connectivity index is 2.11. The van der Waals surface area contributed by atoms with Gasteiger partial charge in [0.1, 0.15) is 0 Å². The zero-order valence-electron chi connectivity index (χ0n) is 26.7. The van der Waals surface area contributed by atoms with Gasteiger partial charge in [0.05, 0.1) is 0 Å². The number of hydrogen-bond acceptors (Lipinski definition) is 2.